The third-order valence-electron chi connectivity index (χ3n) is 4.76. The van der Waals surface area contributed by atoms with Crippen molar-refractivity contribution in [3.8, 4) is 0 Å². The Labute approximate surface area is 128 Å². The molecular weight excluding hydrogens is 264 g/mol. The van der Waals surface area contributed by atoms with Crippen molar-refractivity contribution >= 4 is 6.09 Å². The number of rotatable bonds is 4. The fraction of sp³-hybridized carbons (Fsp3) is 0.941. The van der Waals surface area contributed by atoms with Crippen molar-refractivity contribution in [1.82, 2.24) is 10.2 Å². The highest BCUT2D eigenvalue weighted by molar-refractivity contribution is 5.68. The molecule has 1 heterocycles. The summed E-state index contributed by atoms with van der Waals surface area (Å²) in [5, 5.41) is 3.88. The van der Waals surface area contributed by atoms with Gasteiger partial charge in [-0.05, 0) is 71.1 Å². The molecule has 1 atom stereocenters. The van der Waals surface area contributed by atoms with E-state index in [1.807, 2.05) is 25.7 Å². The van der Waals surface area contributed by atoms with E-state index in [1.54, 1.807) is 0 Å². The number of amides is 1. The molecule has 1 amide bonds. The molecular formula is C17H30N2O2. The SMILES string of the molecule is CC(C)(C)OC(=O)N1CCCC(NC(C2CC2)C2CC2)C1. The van der Waals surface area contributed by atoms with Crippen LogP contribution in [0.2, 0.25) is 0 Å². The molecule has 0 bridgehead atoms. The standard InChI is InChI=1S/C17H30N2O2/c1-17(2,3)21-16(20)19-10-4-5-14(11-19)18-15(12-6-7-12)13-8-9-13/h12-15,18H,4-11H2,1-3H3. The van der Waals surface area contributed by atoms with E-state index >= 15 is 0 Å². The van der Waals surface area contributed by atoms with Gasteiger partial charge in [0.05, 0.1) is 0 Å². The minimum atomic E-state index is -0.401. The van der Waals surface area contributed by atoms with E-state index in [1.165, 1.54) is 32.1 Å². The van der Waals surface area contributed by atoms with Gasteiger partial charge in [-0.3, -0.25) is 0 Å². The van der Waals surface area contributed by atoms with Crippen molar-refractivity contribution in [3.63, 3.8) is 0 Å². The number of likely N-dealkylation sites (tertiary alicyclic amines) is 1. The molecule has 0 spiro atoms. The van der Waals surface area contributed by atoms with Crippen molar-refractivity contribution in [2.75, 3.05) is 13.1 Å². The van der Waals surface area contributed by atoms with Crippen LogP contribution in [-0.2, 0) is 4.74 Å². The lowest BCUT2D eigenvalue weighted by molar-refractivity contribution is 0.0181. The van der Waals surface area contributed by atoms with Crippen LogP contribution in [0.4, 0.5) is 4.79 Å². The smallest absolute Gasteiger partial charge is 0.410 e. The number of carbonyl (C=O) groups excluding carboxylic acids is 1. The summed E-state index contributed by atoms with van der Waals surface area (Å²) >= 11 is 0. The molecule has 1 saturated heterocycles. The molecule has 21 heavy (non-hydrogen) atoms. The Morgan fingerprint density at radius 2 is 1.76 bits per heavy atom. The zero-order valence-electron chi connectivity index (χ0n) is 13.7. The number of nitrogens with one attached hydrogen (secondary N) is 1. The van der Waals surface area contributed by atoms with Crippen LogP contribution in [0, 0.1) is 11.8 Å². The van der Waals surface area contributed by atoms with E-state index in [4.69, 9.17) is 4.74 Å². The molecule has 0 aromatic rings. The van der Waals surface area contributed by atoms with Crippen molar-refractivity contribution < 1.29 is 9.53 Å². The monoisotopic (exact) mass is 294 g/mol. The Hall–Kier alpha value is -0.770. The highest BCUT2D eigenvalue weighted by Gasteiger charge is 2.42. The Kier molecular flexibility index (Phi) is 4.17. The summed E-state index contributed by atoms with van der Waals surface area (Å²) in [6.07, 6.45) is 7.72. The lowest BCUT2D eigenvalue weighted by atomic mass is 10.0. The minimum Gasteiger partial charge on any atom is -0.444 e. The van der Waals surface area contributed by atoms with Crippen LogP contribution in [0.15, 0.2) is 0 Å². The third kappa shape index (κ3) is 4.35. The number of piperidine rings is 1. The maximum absolute atomic E-state index is 12.2. The van der Waals surface area contributed by atoms with E-state index < -0.39 is 5.60 Å². The van der Waals surface area contributed by atoms with Crippen LogP contribution in [-0.4, -0.2) is 41.8 Å². The van der Waals surface area contributed by atoms with Crippen LogP contribution in [0.3, 0.4) is 0 Å². The first-order chi connectivity index (χ1) is 9.92. The predicted octanol–water partition coefficient (Wildman–Crippen LogP) is 3.16. The number of hydrogen-bond donors (Lipinski definition) is 1. The molecule has 0 radical (unpaired) electrons. The van der Waals surface area contributed by atoms with Gasteiger partial charge < -0.3 is 15.0 Å². The second-order valence-corrected chi connectivity index (χ2v) is 8.13. The van der Waals surface area contributed by atoms with Gasteiger partial charge in [-0.2, -0.15) is 0 Å². The summed E-state index contributed by atoms with van der Waals surface area (Å²) in [7, 11) is 0. The van der Waals surface area contributed by atoms with E-state index in [9.17, 15) is 4.79 Å². The second kappa shape index (κ2) is 5.79. The van der Waals surface area contributed by atoms with Crippen molar-refractivity contribution in [2.45, 2.75) is 77.0 Å². The average Bonchev–Trinajstić information content (AvgIpc) is 3.26. The van der Waals surface area contributed by atoms with Crippen molar-refractivity contribution in [3.05, 3.63) is 0 Å². The highest BCUT2D eigenvalue weighted by Crippen LogP contribution is 2.44. The lowest BCUT2D eigenvalue weighted by Crippen LogP contribution is -2.52. The molecule has 3 aliphatic rings. The van der Waals surface area contributed by atoms with Gasteiger partial charge in [0, 0.05) is 25.2 Å². The van der Waals surface area contributed by atoms with Crippen LogP contribution in [0.1, 0.15) is 59.3 Å². The van der Waals surface area contributed by atoms with Crippen molar-refractivity contribution in [1.29, 1.82) is 0 Å². The fourth-order valence-corrected chi connectivity index (χ4v) is 3.45. The maximum atomic E-state index is 12.2. The third-order valence-corrected chi connectivity index (χ3v) is 4.76. The number of nitrogens with zero attached hydrogens (tertiary/aromatic N) is 1. The van der Waals surface area contributed by atoms with Crippen LogP contribution < -0.4 is 5.32 Å². The first-order valence-electron chi connectivity index (χ1n) is 8.66. The van der Waals surface area contributed by atoms with Crippen LogP contribution >= 0.6 is 0 Å². The normalized spacial score (nSPS) is 27.0. The molecule has 1 aliphatic heterocycles. The van der Waals surface area contributed by atoms with Gasteiger partial charge in [-0.25, -0.2) is 4.79 Å². The molecule has 0 aromatic carbocycles. The highest BCUT2D eigenvalue weighted by atomic mass is 16.6. The Balaban J connectivity index is 1.51. The molecule has 2 aliphatic carbocycles. The second-order valence-electron chi connectivity index (χ2n) is 8.13. The summed E-state index contributed by atoms with van der Waals surface area (Å²) < 4.78 is 5.51. The Morgan fingerprint density at radius 3 is 2.29 bits per heavy atom. The fourth-order valence-electron chi connectivity index (χ4n) is 3.45. The van der Waals surface area contributed by atoms with Crippen LogP contribution in [0.5, 0.6) is 0 Å². The summed E-state index contributed by atoms with van der Waals surface area (Å²) in [6, 6.07) is 1.17. The zero-order valence-corrected chi connectivity index (χ0v) is 13.7. The number of hydrogen-bond acceptors (Lipinski definition) is 3. The first kappa shape index (κ1) is 15.1. The van der Waals surface area contributed by atoms with E-state index in [0.717, 1.165) is 31.3 Å². The summed E-state index contributed by atoms with van der Waals surface area (Å²) in [4.78, 5) is 14.1. The van der Waals surface area contributed by atoms with Gasteiger partial charge in [-0.15, -0.1) is 0 Å². The van der Waals surface area contributed by atoms with Crippen LogP contribution in [0.25, 0.3) is 0 Å². The molecule has 4 nitrogen and oxygen atoms in total. The largest absolute Gasteiger partial charge is 0.444 e. The van der Waals surface area contributed by atoms with E-state index in [0.29, 0.717) is 12.1 Å². The number of carbonyl (C=O) groups is 1. The Morgan fingerprint density at radius 1 is 1.14 bits per heavy atom. The van der Waals surface area contributed by atoms with Gasteiger partial charge in [0.25, 0.3) is 0 Å². The van der Waals surface area contributed by atoms with Gasteiger partial charge >= 0.3 is 6.09 Å². The summed E-state index contributed by atoms with van der Waals surface area (Å²) in [5.74, 6) is 1.82. The van der Waals surface area contributed by atoms with Gasteiger partial charge in [0.2, 0.25) is 0 Å². The molecule has 4 heteroatoms. The summed E-state index contributed by atoms with van der Waals surface area (Å²) in [5.41, 5.74) is -0.401. The molecule has 2 saturated carbocycles. The van der Waals surface area contributed by atoms with Gasteiger partial charge in [-0.1, -0.05) is 0 Å². The quantitative estimate of drug-likeness (QED) is 0.866. The lowest BCUT2D eigenvalue weighted by Gasteiger charge is -2.36. The molecule has 1 unspecified atom stereocenters. The Bertz CT molecular complexity index is 371. The van der Waals surface area contributed by atoms with E-state index in [-0.39, 0.29) is 6.09 Å². The molecule has 120 valence electrons. The molecule has 1 N–H and O–H groups in total. The maximum Gasteiger partial charge on any atom is 0.410 e. The predicted molar refractivity (Wildman–Crippen MR) is 83.2 cm³/mol. The number of ether oxygens (including phenoxy) is 1. The molecule has 0 aromatic heterocycles. The van der Waals surface area contributed by atoms with E-state index in [2.05, 4.69) is 5.32 Å². The molecule has 3 rings (SSSR count). The average molecular weight is 294 g/mol. The zero-order chi connectivity index (χ0) is 15.0. The first-order valence-corrected chi connectivity index (χ1v) is 8.66. The topological polar surface area (TPSA) is 41.6 Å². The van der Waals surface area contributed by atoms with Gasteiger partial charge in [0.15, 0.2) is 0 Å². The minimum absolute atomic E-state index is 0.150. The van der Waals surface area contributed by atoms with Crippen molar-refractivity contribution in [2.24, 2.45) is 11.8 Å². The summed E-state index contributed by atoms with van der Waals surface area (Å²) in [6.45, 7) is 7.44. The van der Waals surface area contributed by atoms with Gasteiger partial charge in [0.1, 0.15) is 5.60 Å². The molecule has 3 fully saturated rings.